The topological polar surface area (TPSA) is 43.8 Å². The Balaban J connectivity index is 2.25. The Morgan fingerprint density at radius 2 is 2.16 bits per heavy atom. The van der Waals surface area contributed by atoms with E-state index in [-0.39, 0.29) is 6.04 Å². The minimum absolute atomic E-state index is 0.171. The van der Waals surface area contributed by atoms with Gasteiger partial charge in [0.05, 0.1) is 22.4 Å². The highest BCUT2D eigenvalue weighted by Gasteiger charge is 2.17. The number of hydrogen-bond donors (Lipinski definition) is 1. The third kappa shape index (κ3) is 3.31. The number of nitrogens with two attached hydrogens (primary N) is 1. The quantitative estimate of drug-likeness (QED) is 0.884. The summed E-state index contributed by atoms with van der Waals surface area (Å²) in [5.74, 6) is 0. The van der Waals surface area contributed by atoms with E-state index in [1.165, 1.54) is 0 Å². The Bertz CT molecular complexity index is 583. The van der Waals surface area contributed by atoms with Gasteiger partial charge in [-0.25, -0.2) is 0 Å². The molecule has 2 N–H and O–H groups in total. The summed E-state index contributed by atoms with van der Waals surface area (Å²) >= 11 is 15.5. The lowest BCUT2D eigenvalue weighted by Crippen LogP contribution is -2.19. The van der Waals surface area contributed by atoms with Gasteiger partial charge >= 0.3 is 0 Å². The molecule has 0 aliphatic heterocycles. The van der Waals surface area contributed by atoms with Crippen LogP contribution < -0.4 is 5.73 Å². The predicted octanol–water partition coefficient (Wildman–Crippen LogP) is 4.21. The fourth-order valence-electron chi connectivity index (χ4n) is 2.01. The summed E-state index contributed by atoms with van der Waals surface area (Å²) in [7, 11) is 0. The smallest absolute Gasteiger partial charge is 0.0696 e. The van der Waals surface area contributed by atoms with Gasteiger partial charge in [-0.1, -0.05) is 29.3 Å². The van der Waals surface area contributed by atoms with E-state index in [0.717, 1.165) is 22.3 Å². The van der Waals surface area contributed by atoms with Gasteiger partial charge in [-0.15, -0.1) is 0 Å². The summed E-state index contributed by atoms with van der Waals surface area (Å²) in [6.45, 7) is 2.81. The second-order valence-corrected chi connectivity index (χ2v) is 5.94. The molecule has 2 aromatic rings. The van der Waals surface area contributed by atoms with Gasteiger partial charge in [-0.05, 0) is 47.0 Å². The first-order chi connectivity index (χ1) is 9.02. The zero-order chi connectivity index (χ0) is 14.0. The molecule has 19 heavy (non-hydrogen) atoms. The molecule has 3 nitrogen and oxygen atoms in total. The van der Waals surface area contributed by atoms with E-state index >= 15 is 0 Å². The Labute approximate surface area is 130 Å². The van der Waals surface area contributed by atoms with E-state index in [4.69, 9.17) is 28.9 Å². The molecule has 0 amide bonds. The number of rotatable bonds is 4. The van der Waals surface area contributed by atoms with Crippen LogP contribution in [0.3, 0.4) is 0 Å². The van der Waals surface area contributed by atoms with Crippen LogP contribution in [0.5, 0.6) is 0 Å². The second kappa shape index (κ2) is 6.27. The Hall–Kier alpha value is -0.550. The summed E-state index contributed by atoms with van der Waals surface area (Å²) in [5, 5.41) is 5.54. The first-order valence-electron chi connectivity index (χ1n) is 5.93. The van der Waals surface area contributed by atoms with Crippen LogP contribution in [0, 0.1) is 0 Å². The highest BCUT2D eigenvalue weighted by atomic mass is 79.9. The zero-order valence-electron chi connectivity index (χ0n) is 10.4. The number of aryl methyl sites for hydroxylation is 1. The van der Waals surface area contributed by atoms with Crippen molar-refractivity contribution in [2.75, 3.05) is 0 Å². The molecule has 1 aromatic carbocycles. The maximum absolute atomic E-state index is 6.27. The van der Waals surface area contributed by atoms with Crippen LogP contribution >= 0.6 is 39.1 Å². The summed E-state index contributed by atoms with van der Waals surface area (Å²) in [4.78, 5) is 0. The standard InChI is InChI=1S/C13H14BrCl2N3/c1-2-19-13(10(14)7-18-19)12(17)5-8-3-4-9(15)6-11(8)16/h3-4,6-7,12H,2,5,17H2,1H3. The fourth-order valence-corrected chi connectivity index (χ4v) is 3.09. The van der Waals surface area contributed by atoms with Crippen molar-refractivity contribution in [2.24, 2.45) is 5.73 Å². The molecule has 0 aliphatic rings. The van der Waals surface area contributed by atoms with Crippen molar-refractivity contribution in [3.05, 3.63) is 50.2 Å². The van der Waals surface area contributed by atoms with Crippen molar-refractivity contribution < 1.29 is 0 Å². The number of nitrogens with zero attached hydrogens (tertiary/aromatic N) is 2. The predicted molar refractivity (Wildman–Crippen MR) is 82.7 cm³/mol. The zero-order valence-corrected chi connectivity index (χ0v) is 13.5. The summed E-state index contributed by atoms with van der Waals surface area (Å²) < 4.78 is 2.81. The first-order valence-corrected chi connectivity index (χ1v) is 7.48. The molecule has 0 fully saturated rings. The summed E-state index contributed by atoms with van der Waals surface area (Å²) in [5.41, 5.74) is 8.23. The highest BCUT2D eigenvalue weighted by Crippen LogP contribution is 2.28. The van der Waals surface area contributed by atoms with Crippen molar-refractivity contribution in [3.8, 4) is 0 Å². The fraction of sp³-hybridized carbons (Fsp3) is 0.308. The van der Waals surface area contributed by atoms with Crippen LogP contribution in [0.1, 0.15) is 24.2 Å². The van der Waals surface area contributed by atoms with Crippen LogP contribution in [0.4, 0.5) is 0 Å². The molecule has 1 atom stereocenters. The molecule has 1 aromatic heterocycles. The molecule has 0 saturated heterocycles. The van der Waals surface area contributed by atoms with Crippen molar-refractivity contribution in [1.82, 2.24) is 9.78 Å². The van der Waals surface area contributed by atoms with Gasteiger partial charge in [-0.3, -0.25) is 4.68 Å². The molecule has 0 spiro atoms. The number of halogens is 3. The SMILES string of the molecule is CCn1ncc(Br)c1C(N)Cc1ccc(Cl)cc1Cl. The van der Waals surface area contributed by atoms with Gasteiger partial charge in [0.2, 0.25) is 0 Å². The Morgan fingerprint density at radius 1 is 1.42 bits per heavy atom. The third-order valence-corrected chi connectivity index (χ3v) is 4.14. The largest absolute Gasteiger partial charge is 0.322 e. The molecule has 2 rings (SSSR count). The van der Waals surface area contributed by atoms with Crippen molar-refractivity contribution in [2.45, 2.75) is 25.9 Å². The van der Waals surface area contributed by atoms with Gasteiger partial charge in [0, 0.05) is 16.6 Å². The van der Waals surface area contributed by atoms with Crippen LogP contribution in [0.25, 0.3) is 0 Å². The Kier molecular flexibility index (Phi) is 4.90. The summed E-state index contributed by atoms with van der Waals surface area (Å²) in [6, 6.07) is 5.29. The van der Waals surface area contributed by atoms with Crippen LogP contribution in [-0.4, -0.2) is 9.78 Å². The van der Waals surface area contributed by atoms with E-state index in [1.54, 1.807) is 12.3 Å². The third-order valence-electron chi connectivity index (χ3n) is 2.94. The molecular weight excluding hydrogens is 349 g/mol. The van der Waals surface area contributed by atoms with Gasteiger partial charge in [-0.2, -0.15) is 5.10 Å². The molecule has 102 valence electrons. The van der Waals surface area contributed by atoms with Crippen LogP contribution in [0.15, 0.2) is 28.9 Å². The van der Waals surface area contributed by atoms with Crippen molar-refractivity contribution in [3.63, 3.8) is 0 Å². The molecular formula is C13H14BrCl2N3. The number of hydrogen-bond acceptors (Lipinski definition) is 2. The monoisotopic (exact) mass is 361 g/mol. The normalized spacial score (nSPS) is 12.7. The van der Waals surface area contributed by atoms with Gasteiger partial charge in [0.25, 0.3) is 0 Å². The lowest BCUT2D eigenvalue weighted by molar-refractivity contribution is 0.567. The highest BCUT2D eigenvalue weighted by molar-refractivity contribution is 9.10. The van der Waals surface area contributed by atoms with Gasteiger partial charge in [0.15, 0.2) is 0 Å². The number of benzene rings is 1. The maximum atomic E-state index is 6.27. The molecule has 0 bridgehead atoms. The Morgan fingerprint density at radius 3 is 2.79 bits per heavy atom. The molecule has 0 saturated carbocycles. The van der Waals surface area contributed by atoms with Crippen LogP contribution in [-0.2, 0) is 13.0 Å². The molecule has 0 radical (unpaired) electrons. The van der Waals surface area contributed by atoms with E-state index in [2.05, 4.69) is 21.0 Å². The average molecular weight is 363 g/mol. The summed E-state index contributed by atoms with van der Waals surface area (Å²) in [6.07, 6.45) is 2.41. The minimum atomic E-state index is -0.171. The molecule has 6 heteroatoms. The molecule has 1 heterocycles. The average Bonchev–Trinajstić information content (AvgIpc) is 2.74. The lowest BCUT2D eigenvalue weighted by Gasteiger charge is -2.15. The van der Waals surface area contributed by atoms with Crippen molar-refractivity contribution >= 4 is 39.1 Å². The second-order valence-electron chi connectivity index (χ2n) is 4.24. The van der Waals surface area contributed by atoms with Crippen LogP contribution in [0.2, 0.25) is 10.0 Å². The maximum Gasteiger partial charge on any atom is 0.0696 e. The lowest BCUT2D eigenvalue weighted by atomic mass is 10.0. The van der Waals surface area contributed by atoms with Gasteiger partial charge < -0.3 is 5.73 Å². The van der Waals surface area contributed by atoms with E-state index in [9.17, 15) is 0 Å². The van der Waals surface area contributed by atoms with E-state index < -0.39 is 0 Å². The van der Waals surface area contributed by atoms with E-state index in [1.807, 2.05) is 23.7 Å². The van der Waals surface area contributed by atoms with Crippen molar-refractivity contribution in [1.29, 1.82) is 0 Å². The molecule has 1 unspecified atom stereocenters. The van der Waals surface area contributed by atoms with Gasteiger partial charge in [0.1, 0.15) is 0 Å². The minimum Gasteiger partial charge on any atom is -0.322 e. The van der Waals surface area contributed by atoms with E-state index in [0.29, 0.717) is 16.5 Å². The molecule has 0 aliphatic carbocycles. The number of aromatic nitrogens is 2. The first kappa shape index (κ1) is 14.9.